The van der Waals surface area contributed by atoms with Gasteiger partial charge in [0.1, 0.15) is 6.67 Å². The second-order valence-electron chi connectivity index (χ2n) is 3.69. The first-order chi connectivity index (χ1) is 7.60. The summed E-state index contributed by atoms with van der Waals surface area (Å²) in [4.78, 5) is 2.95. The van der Waals surface area contributed by atoms with Crippen LogP contribution in [-0.4, -0.2) is 35.1 Å². The molecule has 0 aliphatic carbocycles. The molecule has 0 saturated carbocycles. The molecule has 4 heteroatoms. The van der Waals surface area contributed by atoms with Crippen molar-refractivity contribution in [3.63, 3.8) is 0 Å². The van der Waals surface area contributed by atoms with Gasteiger partial charge in [-0.15, -0.1) is 0 Å². The second kappa shape index (κ2) is 6.01. The Morgan fingerprint density at radius 3 is 2.25 bits per heavy atom. The smallest absolute Gasteiger partial charge is 0.101 e. The molecule has 1 aromatic carbocycles. The lowest BCUT2D eigenvalue weighted by Gasteiger charge is -2.15. The van der Waals surface area contributed by atoms with Gasteiger partial charge in [-0.2, -0.15) is 0 Å². The molecular formula is C12H20N2OS. The van der Waals surface area contributed by atoms with Crippen molar-refractivity contribution in [2.75, 3.05) is 26.0 Å². The van der Waals surface area contributed by atoms with Gasteiger partial charge in [-0.1, -0.05) is 32.0 Å². The maximum absolute atomic E-state index is 12.3. The molecule has 0 spiro atoms. The van der Waals surface area contributed by atoms with Gasteiger partial charge < -0.3 is 0 Å². The van der Waals surface area contributed by atoms with Gasteiger partial charge >= 0.3 is 0 Å². The first-order valence-corrected chi connectivity index (χ1v) is 7.47. The monoisotopic (exact) mass is 240 g/mol. The van der Waals surface area contributed by atoms with E-state index in [9.17, 15) is 4.21 Å². The van der Waals surface area contributed by atoms with Gasteiger partial charge in [-0.25, -0.2) is 8.57 Å². The zero-order valence-electron chi connectivity index (χ0n) is 10.2. The van der Waals surface area contributed by atoms with Crippen LogP contribution in [0, 0.1) is 0 Å². The molecule has 1 atom stereocenters. The van der Waals surface area contributed by atoms with Crippen LogP contribution in [0.2, 0.25) is 0 Å². The third-order valence-corrected chi connectivity index (χ3v) is 4.33. The molecule has 3 nitrogen and oxygen atoms in total. The van der Waals surface area contributed by atoms with Crippen molar-refractivity contribution in [2.45, 2.75) is 18.7 Å². The summed E-state index contributed by atoms with van der Waals surface area (Å²) in [6.07, 6.45) is 1.70. The molecule has 1 rings (SSSR count). The number of nitrogens with zero attached hydrogens (tertiary/aromatic N) is 2. The van der Waals surface area contributed by atoms with Gasteiger partial charge in [0, 0.05) is 11.2 Å². The SMILES string of the molecule is CCN(CC)CN=S(C)(=O)c1ccccc1. The Bertz CT molecular complexity index is 418. The average Bonchev–Trinajstić information content (AvgIpc) is 2.31. The molecule has 0 fully saturated rings. The van der Waals surface area contributed by atoms with Gasteiger partial charge in [0.25, 0.3) is 0 Å². The van der Waals surface area contributed by atoms with Crippen molar-refractivity contribution >= 4 is 9.73 Å². The van der Waals surface area contributed by atoms with Crippen LogP contribution in [0.3, 0.4) is 0 Å². The summed E-state index contributed by atoms with van der Waals surface area (Å²) in [5, 5.41) is 0. The molecular weight excluding hydrogens is 220 g/mol. The maximum atomic E-state index is 12.3. The van der Waals surface area contributed by atoms with E-state index in [0.717, 1.165) is 18.0 Å². The fraction of sp³-hybridized carbons (Fsp3) is 0.500. The molecule has 0 aromatic heterocycles. The Morgan fingerprint density at radius 1 is 1.19 bits per heavy atom. The van der Waals surface area contributed by atoms with Crippen LogP contribution in [0.15, 0.2) is 39.6 Å². The van der Waals surface area contributed by atoms with E-state index in [-0.39, 0.29) is 0 Å². The Kier molecular flexibility index (Phi) is 4.96. The highest BCUT2D eigenvalue weighted by Crippen LogP contribution is 2.10. The van der Waals surface area contributed by atoms with Crippen LogP contribution in [0.5, 0.6) is 0 Å². The van der Waals surface area contributed by atoms with Crippen LogP contribution < -0.4 is 0 Å². The molecule has 0 amide bonds. The first-order valence-electron chi connectivity index (χ1n) is 5.55. The molecule has 1 unspecified atom stereocenters. The summed E-state index contributed by atoms with van der Waals surface area (Å²) in [5.74, 6) is 0. The molecule has 0 bridgehead atoms. The highest BCUT2D eigenvalue weighted by Gasteiger charge is 2.05. The van der Waals surface area contributed by atoms with Crippen LogP contribution in [0.25, 0.3) is 0 Å². The number of rotatable bonds is 5. The molecule has 1 aromatic rings. The Morgan fingerprint density at radius 2 is 1.75 bits per heavy atom. The van der Waals surface area contributed by atoms with E-state index in [2.05, 4.69) is 23.1 Å². The van der Waals surface area contributed by atoms with Crippen LogP contribution in [0.4, 0.5) is 0 Å². The number of hydrogen-bond acceptors (Lipinski definition) is 3. The third-order valence-electron chi connectivity index (χ3n) is 2.58. The van der Waals surface area contributed by atoms with E-state index in [4.69, 9.17) is 0 Å². The van der Waals surface area contributed by atoms with Crippen molar-refractivity contribution in [2.24, 2.45) is 4.36 Å². The first kappa shape index (κ1) is 13.2. The van der Waals surface area contributed by atoms with E-state index < -0.39 is 9.73 Å². The molecule has 0 saturated heterocycles. The van der Waals surface area contributed by atoms with Gasteiger partial charge in [0.15, 0.2) is 0 Å². The fourth-order valence-electron chi connectivity index (χ4n) is 1.36. The molecule has 0 aliphatic heterocycles. The zero-order chi connectivity index (χ0) is 12.0. The van der Waals surface area contributed by atoms with Gasteiger partial charge in [0.05, 0.1) is 9.73 Å². The Balaban J connectivity index is 2.86. The van der Waals surface area contributed by atoms with E-state index in [0.29, 0.717) is 6.67 Å². The molecule has 90 valence electrons. The molecule has 16 heavy (non-hydrogen) atoms. The van der Waals surface area contributed by atoms with Crippen LogP contribution >= 0.6 is 0 Å². The normalized spacial score (nSPS) is 14.8. The van der Waals surface area contributed by atoms with Gasteiger partial charge in [-0.3, -0.25) is 4.90 Å². The van der Waals surface area contributed by atoms with Crippen LogP contribution in [0.1, 0.15) is 13.8 Å². The zero-order valence-corrected chi connectivity index (χ0v) is 11.0. The number of hydrogen-bond donors (Lipinski definition) is 0. The molecule has 0 heterocycles. The molecule has 0 N–H and O–H groups in total. The predicted octanol–water partition coefficient (Wildman–Crippen LogP) is 2.44. The minimum absolute atomic E-state index is 0.539. The quantitative estimate of drug-likeness (QED) is 0.792. The fourth-order valence-corrected chi connectivity index (χ4v) is 2.56. The molecule has 0 aliphatic rings. The largest absolute Gasteiger partial charge is 0.284 e. The van der Waals surface area contributed by atoms with Crippen LogP contribution in [-0.2, 0) is 9.73 Å². The summed E-state index contributed by atoms with van der Waals surface area (Å²) < 4.78 is 16.7. The van der Waals surface area contributed by atoms with Crippen molar-refractivity contribution in [1.29, 1.82) is 0 Å². The van der Waals surface area contributed by atoms with E-state index in [1.165, 1.54) is 0 Å². The summed E-state index contributed by atoms with van der Waals surface area (Å²) in [6.45, 7) is 6.57. The van der Waals surface area contributed by atoms with Gasteiger partial charge in [0.2, 0.25) is 0 Å². The van der Waals surface area contributed by atoms with E-state index in [1.807, 2.05) is 30.3 Å². The topological polar surface area (TPSA) is 32.7 Å². The lowest BCUT2D eigenvalue weighted by molar-refractivity contribution is 0.316. The van der Waals surface area contributed by atoms with E-state index in [1.54, 1.807) is 6.26 Å². The highest BCUT2D eigenvalue weighted by molar-refractivity contribution is 7.93. The lowest BCUT2D eigenvalue weighted by atomic mass is 10.4. The Labute approximate surface area is 98.7 Å². The minimum Gasteiger partial charge on any atom is -0.284 e. The van der Waals surface area contributed by atoms with E-state index >= 15 is 0 Å². The van der Waals surface area contributed by atoms with Crippen molar-refractivity contribution in [3.8, 4) is 0 Å². The molecule has 0 radical (unpaired) electrons. The number of benzene rings is 1. The van der Waals surface area contributed by atoms with Crippen molar-refractivity contribution in [3.05, 3.63) is 30.3 Å². The average molecular weight is 240 g/mol. The maximum Gasteiger partial charge on any atom is 0.101 e. The lowest BCUT2D eigenvalue weighted by Crippen LogP contribution is -2.23. The van der Waals surface area contributed by atoms with Gasteiger partial charge in [-0.05, 0) is 25.2 Å². The Hall–Kier alpha value is -0.870. The highest BCUT2D eigenvalue weighted by atomic mass is 32.2. The summed E-state index contributed by atoms with van der Waals surface area (Å²) in [7, 11) is -2.24. The summed E-state index contributed by atoms with van der Waals surface area (Å²) >= 11 is 0. The predicted molar refractivity (Wildman–Crippen MR) is 69.0 cm³/mol. The van der Waals surface area contributed by atoms with Crippen molar-refractivity contribution in [1.82, 2.24) is 4.90 Å². The van der Waals surface area contributed by atoms with Crippen molar-refractivity contribution < 1.29 is 4.21 Å². The summed E-state index contributed by atoms with van der Waals surface area (Å²) in [5.41, 5.74) is 0. The minimum atomic E-state index is -2.24. The summed E-state index contributed by atoms with van der Waals surface area (Å²) in [6, 6.07) is 9.45. The third kappa shape index (κ3) is 3.61. The standard InChI is InChI=1S/C12H20N2OS/c1-4-14(5-2)11-13-16(3,15)12-9-7-6-8-10-12/h6-10H,4-5,11H2,1-3H3. The second-order valence-corrected chi connectivity index (χ2v) is 6.02.